The van der Waals surface area contributed by atoms with Gasteiger partial charge in [-0.25, -0.2) is 12.8 Å². The van der Waals surface area contributed by atoms with E-state index in [1.807, 2.05) is 0 Å². The second kappa shape index (κ2) is 8.61. The third-order valence-electron chi connectivity index (χ3n) is 4.81. The molecule has 0 saturated carbocycles. The molecule has 1 aliphatic heterocycles. The highest BCUT2D eigenvalue weighted by molar-refractivity contribution is 7.89. The lowest BCUT2D eigenvalue weighted by Gasteiger charge is -2.33. The number of amides is 1. The highest BCUT2D eigenvalue weighted by Crippen LogP contribution is 2.27. The average Bonchev–Trinajstić information content (AvgIpc) is 2.70. The Labute approximate surface area is 173 Å². The van der Waals surface area contributed by atoms with Crippen molar-refractivity contribution in [1.82, 2.24) is 4.31 Å². The van der Waals surface area contributed by atoms with Crippen LogP contribution in [0.15, 0.2) is 47.4 Å². The molecular formula is C20H20ClFN2O4S. The van der Waals surface area contributed by atoms with Crippen molar-refractivity contribution in [3.05, 3.63) is 58.9 Å². The van der Waals surface area contributed by atoms with Gasteiger partial charge in [-0.1, -0.05) is 30.2 Å². The highest BCUT2D eigenvalue weighted by atomic mass is 35.5. The summed E-state index contributed by atoms with van der Waals surface area (Å²) in [4.78, 5) is 24.2. The maximum atomic E-state index is 13.3. The van der Waals surface area contributed by atoms with E-state index in [1.54, 1.807) is 0 Å². The van der Waals surface area contributed by atoms with E-state index in [0.29, 0.717) is 24.8 Å². The van der Waals surface area contributed by atoms with Gasteiger partial charge in [-0.05, 0) is 50.1 Å². The molecule has 2 aromatic carbocycles. The predicted octanol–water partition coefficient (Wildman–Crippen LogP) is 3.86. The number of Topliss-reactive ketones (excluding diaryl/α,β-unsaturated/α-hetero) is 1. The van der Waals surface area contributed by atoms with Gasteiger partial charge in [0.15, 0.2) is 5.78 Å². The van der Waals surface area contributed by atoms with Crippen LogP contribution in [0.25, 0.3) is 0 Å². The zero-order valence-electron chi connectivity index (χ0n) is 15.7. The summed E-state index contributed by atoms with van der Waals surface area (Å²) < 4.78 is 40.8. The van der Waals surface area contributed by atoms with Crippen LogP contribution in [0.1, 0.15) is 36.5 Å². The van der Waals surface area contributed by atoms with Crippen LogP contribution in [-0.4, -0.2) is 37.0 Å². The van der Waals surface area contributed by atoms with E-state index in [-0.39, 0.29) is 27.9 Å². The van der Waals surface area contributed by atoms with Gasteiger partial charge >= 0.3 is 0 Å². The van der Waals surface area contributed by atoms with Crippen LogP contribution in [-0.2, 0) is 14.8 Å². The molecule has 0 spiro atoms. The first-order valence-electron chi connectivity index (χ1n) is 9.09. The van der Waals surface area contributed by atoms with Gasteiger partial charge < -0.3 is 5.32 Å². The van der Waals surface area contributed by atoms with E-state index in [2.05, 4.69) is 5.32 Å². The van der Waals surface area contributed by atoms with E-state index >= 15 is 0 Å². The molecule has 3 rings (SSSR count). The van der Waals surface area contributed by atoms with Crippen molar-refractivity contribution in [3.8, 4) is 0 Å². The summed E-state index contributed by atoms with van der Waals surface area (Å²) in [6, 6.07) is 8.51. The van der Waals surface area contributed by atoms with Crippen molar-refractivity contribution in [1.29, 1.82) is 0 Å². The van der Waals surface area contributed by atoms with Crippen LogP contribution in [0.3, 0.4) is 0 Å². The Morgan fingerprint density at radius 2 is 1.83 bits per heavy atom. The van der Waals surface area contributed by atoms with E-state index in [0.717, 1.165) is 6.07 Å². The number of hydrogen-bond donors (Lipinski definition) is 1. The number of anilines is 1. The number of nitrogens with zero attached hydrogens (tertiary/aromatic N) is 1. The molecule has 0 bridgehead atoms. The molecule has 0 aliphatic carbocycles. The minimum absolute atomic E-state index is 0.0204. The van der Waals surface area contributed by atoms with Crippen molar-refractivity contribution in [2.24, 2.45) is 0 Å². The molecule has 9 heteroatoms. The van der Waals surface area contributed by atoms with E-state index in [4.69, 9.17) is 11.6 Å². The van der Waals surface area contributed by atoms with Gasteiger partial charge in [-0.2, -0.15) is 4.31 Å². The molecule has 6 nitrogen and oxygen atoms in total. The summed E-state index contributed by atoms with van der Waals surface area (Å²) in [5.41, 5.74) is 0.695. The molecule has 1 aliphatic rings. The number of ketones is 1. The number of benzene rings is 2. The van der Waals surface area contributed by atoms with Crippen molar-refractivity contribution < 1.29 is 22.4 Å². The fraction of sp³-hybridized carbons (Fsp3) is 0.300. The van der Waals surface area contributed by atoms with Gasteiger partial charge in [0.05, 0.1) is 9.92 Å². The fourth-order valence-corrected chi connectivity index (χ4v) is 5.09. The Balaban J connectivity index is 1.85. The summed E-state index contributed by atoms with van der Waals surface area (Å²) in [6.45, 7) is 1.61. The number of carbonyl (C=O) groups excluding carboxylic acids is 2. The number of sulfonamides is 1. The molecule has 0 aromatic heterocycles. The molecule has 1 unspecified atom stereocenters. The van der Waals surface area contributed by atoms with Gasteiger partial charge in [0.25, 0.3) is 0 Å². The van der Waals surface area contributed by atoms with Crippen LogP contribution in [0.4, 0.5) is 10.1 Å². The zero-order valence-corrected chi connectivity index (χ0v) is 17.3. The third-order valence-corrected chi connectivity index (χ3v) is 7.02. The predicted molar refractivity (Wildman–Crippen MR) is 108 cm³/mol. The van der Waals surface area contributed by atoms with Crippen molar-refractivity contribution in [3.63, 3.8) is 0 Å². The quantitative estimate of drug-likeness (QED) is 0.718. The fourth-order valence-electron chi connectivity index (χ4n) is 3.25. The molecule has 0 radical (unpaired) electrons. The van der Waals surface area contributed by atoms with Crippen LogP contribution < -0.4 is 5.32 Å². The molecule has 154 valence electrons. The molecule has 1 amide bonds. The van der Waals surface area contributed by atoms with E-state index < -0.39 is 27.8 Å². The SMILES string of the molecule is CC(=O)c1ccc(S(=O)(=O)N2CCCCC2C(=O)Nc2ccc(F)c(Cl)c2)cc1. The van der Waals surface area contributed by atoms with Gasteiger partial charge in [0, 0.05) is 17.8 Å². The zero-order chi connectivity index (χ0) is 21.2. The van der Waals surface area contributed by atoms with E-state index in [9.17, 15) is 22.4 Å². The highest BCUT2D eigenvalue weighted by Gasteiger charge is 2.37. The first-order valence-corrected chi connectivity index (χ1v) is 10.9. The van der Waals surface area contributed by atoms with Crippen molar-refractivity contribution >= 4 is 39.0 Å². The topological polar surface area (TPSA) is 83.6 Å². The number of hydrogen-bond acceptors (Lipinski definition) is 4. The molecule has 1 fully saturated rings. The number of rotatable bonds is 5. The minimum atomic E-state index is -3.93. The Bertz CT molecular complexity index is 1040. The molecule has 29 heavy (non-hydrogen) atoms. The molecular weight excluding hydrogens is 419 g/mol. The molecule has 2 aromatic rings. The van der Waals surface area contributed by atoms with E-state index in [1.165, 1.54) is 47.6 Å². The Morgan fingerprint density at radius 3 is 2.45 bits per heavy atom. The Hall–Kier alpha value is -2.29. The summed E-state index contributed by atoms with van der Waals surface area (Å²) in [5, 5.41) is 2.48. The standard InChI is InChI=1S/C20H20ClFN2O4S/c1-13(25)14-5-8-16(9-6-14)29(27,28)24-11-3-2-4-19(24)20(26)23-15-7-10-18(22)17(21)12-15/h5-10,12,19H,2-4,11H2,1H3,(H,23,26). The summed E-state index contributed by atoms with van der Waals surface area (Å²) in [5.74, 6) is -1.28. The normalized spacial score (nSPS) is 17.7. The first-order chi connectivity index (χ1) is 13.7. The van der Waals surface area contributed by atoms with Crippen LogP contribution in [0, 0.1) is 5.82 Å². The lowest BCUT2D eigenvalue weighted by Crippen LogP contribution is -2.49. The number of nitrogens with one attached hydrogen (secondary N) is 1. The number of piperidine rings is 1. The molecule has 1 N–H and O–H groups in total. The number of halogens is 2. The summed E-state index contributed by atoms with van der Waals surface area (Å²) in [7, 11) is -3.93. The second-order valence-corrected chi connectivity index (χ2v) is 9.12. The number of carbonyl (C=O) groups is 2. The van der Waals surface area contributed by atoms with Crippen molar-refractivity contribution in [2.75, 3.05) is 11.9 Å². The maximum Gasteiger partial charge on any atom is 0.243 e. The molecule has 1 saturated heterocycles. The summed E-state index contributed by atoms with van der Waals surface area (Å²) >= 11 is 5.74. The van der Waals surface area contributed by atoms with Gasteiger partial charge in [-0.15, -0.1) is 0 Å². The van der Waals surface area contributed by atoms with Crippen LogP contribution in [0.5, 0.6) is 0 Å². The Kier molecular flexibility index (Phi) is 6.36. The molecule has 1 atom stereocenters. The van der Waals surface area contributed by atoms with Crippen LogP contribution >= 0.6 is 11.6 Å². The minimum Gasteiger partial charge on any atom is -0.325 e. The lowest BCUT2D eigenvalue weighted by molar-refractivity contribution is -0.120. The smallest absolute Gasteiger partial charge is 0.243 e. The van der Waals surface area contributed by atoms with Crippen molar-refractivity contribution in [2.45, 2.75) is 37.1 Å². The Morgan fingerprint density at radius 1 is 1.14 bits per heavy atom. The lowest BCUT2D eigenvalue weighted by atomic mass is 10.0. The van der Waals surface area contributed by atoms with Crippen LogP contribution in [0.2, 0.25) is 5.02 Å². The first kappa shape index (κ1) is 21.4. The maximum absolute atomic E-state index is 13.3. The average molecular weight is 439 g/mol. The van der Waals surface area contributed by atoms with Gasteiger partial charge in [0.2, 0.25) is 15.9 Å². The monoisotopic (exact) mass is 438 g/mol. The van der Waals surface area contributed by atoms with Gasteiger partial charge in [0.1, 0.15) is 11.9 Å². The second-order valence-electron chi connectivity index (χ2n) is 6.83. The van der Waals surface area contributed by atoms with Gasteiger partial charge in [-0.3, -0.25) is 9.59 Å². The summed E-state index contributed by atoms with van der Waals surface area (Å²) in [6.07, 6.45) is 1.71. The largest absolute Gasteiger partial charge is 0.325 e. The third kappa shape index (κ3) is 4.66. The molecule has 1 heterocycles.